The lowest BCUT2D eigenvalue weighted by molar-refractivity contribution is -0.138. The summed E-state index contributed by atoms with van der Waals surface area (Å²) in [5, 5.41) is 0. The quantitative estimate of drug-likeness (QED) is 0.309. The summed E-state index contributed by atoms with van der Waals surface area (Å²) in [7, 11) is 4.71. The van der Waals surface area contributed by atoms with Crippen molar-refractivity contribution in [2.24, 2.45) is 0 Å². The number of carbonyl (C=O) groups excluding carboxylic acids is 5. The number of amides is 1. The van der Waals surface area contributed by atoms with Crippen molar-refractivity contribution in [2.75, 3.05) is 33.3 Å². The van der Waals surface area contributed by atoms with E-state index in [0.29, 0.717) is 21.7 Å². The van der Waals surface area contributed by atoms with E-state index in [1.165, 1.54) is 28.4 Å². The van der Waals surface area contributed by atoms with Crippen LogP contribution >= 0.6 is 35.3 Å². The lowest BCUT2D eigenvalue weighted by Crippen LogP contribution is -2.54. The summed E-state index contributed by atoms with van der Waals surface area (Å²) in [6, 6.07) is 16.5. The molecule has 3 heterocycles. The Hall–Kier alpha value is -3.94. The number of rotatable bonds is 6. The van der Waals surface area contributed by atoms with Crippen LogP contribution in [0.25, 0.3) is 5.57 Å². The number of hydrogen-bond acceptors (Lipinski definition) is 12. The van der Waals surface area contributed by atoms with Gasteiger partial charge in [0.05, 0.1) is 51.7 Å². The molecular formula is C32H29NO9S3. The molecule has 0 bridgehead atoms. The minimum Gasteiger partial charge on any atom is -0.466 e. The molecule has 2 aromatic rings. The summed E-state index contributed by atoms with van der Waals surface area (Å²) >= 11 is 2.78. The molecule has 0 N–H and O–H groups in total. The zero-order chi connectivity index (χ0) is 32.7. The van der Waals surface area contributed by atoms with Crippen molar-refractivity contribution in [3.63, 3.8) is 0 Å². The fourth-order valence-electron chi connectivity index (χ4n) is 5.56. The summed E-state index contributed by atoms with van der Waals surface area (Å²) in [5.41, 5.74) is 1.27. The molecule has 13 heteroatoms. The number of nitrogens with zero attached hydrogens (tertiary/aromatic N) is 1. The molecule has 5 rings (SSSR count). The fourth-order valence-corrected chi connectivity index (χ4v) is 10.6. The van der Waals surface area contributed by atoms with Gasteiger partial charge in [0.2, 0.25) is 5.91 Å². The van der Waals surface area contributed by atoms with E-state index in [2.05, 4.69) is 0 Å². The van der Waals surface area contributed by atoms with Crippen LogP contribution in [0.4, 0.5) is 5.69 Å². The van der Waals surface area contributed by atoms with Crippen molar-refractivity contribution in [1.82, 2.24) is 0 Å². The maximum atomic E-state index is 14.2. The number of methoxy groups -OCH3 is 4. The molecule has 0 aromatic heterocycles. The van der Waals surface area contributed by atoms with Gasteiger partial charge in [-0.15, -0.1) is 0 Å². The molecule has 0 atom stereocenters. The molecule has 0 fully saturated rings. The van der Waals surface area contributed by atoms with Crippen LogP contribution in [-0.2, 0) is 49.3 Å². The van der Waals surface area contributed by atoms with Gasteiger partial charge < -0.3 is 23.8 Å². The molecule has 1 amide bonds. The van der Waals surface area contributed by atoms with E-state index < -0.39 is 33.5 Å². The highest BCUT2D eigenvalue weighted by Gasteiger charge is 2.61. The maximum Gasteiger partial charge on any atom is 0.345 e. The highest BCUT2D eigenvalue weighted by Crippen LogP contribution is 2.71. The third-order valence-corrected chi connectivity index (χ3v) is 12.1. The minimum absolute atomic E-state index is 0.0960. The number of benzene rings is 2. The van der Waals surface area contributed by atoms with E-state index in [9.17, 15) is 24.0 Å². The summed E-state index contributed by atoms with van der Waals surface area (Å²) in [4.78, 5) is 69.5. The Labute approximate surface area is 272 Å². The Kier molecular flexibility index (Phi) is 8.98. The average Bonchev–Trinajstić information content (AvgIpc) is 3.43. The van der Waals surface area contributed by atoms with Crippen molar-refractivity contribution >= 4 is 76.3 Å². The Morgan fingerprint density at radius 3 is 1.76 bits per heavy atom. The monoisotopic (exact) mass is 667 g/mol. The first-order valence-electron chi connectivity index (χ1n) is 13.6. The number of thioether (sulfide) groups is 3. The van der Waals surface area contributed by atoms with Gasteiger partial charge in [-0.25, -0.2) is 19.2 Å². The number of carbonyl (C=O) groups is 5. The third kappa shape index (κ3) is 5.26. The normalized spacial score (nSPS) is 17.9. The molecule has 0 saturated heterocycles. The van der Waals surface area contributed by atoms with Crippen molar-refractivity contribution < 1.29 is 42.9 Å². The smallest absolute Gasteiger partial charge is 0.345 e. The van der Waals surface area contributed by atoms with Gasteiger partial charge in [0, 0.05) is 16.0 Å². The molecule has 0 aliphatic carbocycles. The SMILES string of the molecule is COC(=O)C1=C(C(=O)OC)SC2(S1)C(C(=O)OC)=C(C(=O)OC)SC1=C2c2ccccc2N(C(=O)Cc2ccccc2)C1(C)C. The summed E-state index contributed by atoms with van der Waals surface area (Å²) in [6.07, 6.45) is 0.105. The van der Waals surface area contributed by atoms with Gasteiger partial charge in [-0.1, -0.05) is 83.8 Å². The Morgan fingerprint density at radius 1 is 0.689 bits per heavy atom. The first-order chi connectivity index (χ1) is 21.5. The molecule has 1 spiro atoms. The molecule has 0 saturated carbocycles. The van der Waals surface area contributed by atoms with Crippen molar-refractivity contribution in [1.29, 1.82) is 0 Å². The predicted octanol–water partition coefficient (Wildman–Crippen LogP) is 4.85. The average molecular weight is 668 g/mol. The number of para-hydroxylation sites is 1. The van der Waals surface area contributed by atoms with Gasteiger partial charge in [0.15, 0.2) is 0 Å². The zero-order valence-electron chi connectivity index (χ0n) is 25.2. The fraction of sp³-hybridized carbons (Fsp3) is 0.281. The highest BCUT2D eigenvalue weighted by molar-refractivity contribution is 8.26. The van der Waals surface area contributed by atoms with Crippen LogP contribution < -0.4 is 4.90 Å². The van der Waals surface area contributed by atoms with E-state index in [1.54, 1.807) is 29.2 Å². The van der Waals surface area contributed by atoms with Crippen molar-refractivity contribution in [3.05, 3.63) is 90.9 Å². The van der Waals surface area contributed by atoms with Gasteiger partial charge >= 0.3 is 23.9 Å². The number of anilines is 1. The molecule has 2 aromatic carbocycles. The van der Waals surface area contributed by atoms with Gasteiger partial charge in [-0.3, -0.25) is 4.79 Å². The molecule has 45 heavy (non-hydrogen) atoms. The molecule has 0 radical (unpaired) electrons. The lowest BCUT2D eigenvalue weighted by Gasteiger charge is -2.50. The summed E-state index contributed by atoms with van der Waals surface area (Å²) < 4.78 is 18.8. The van der Waals surface area contributed by atoms with Gasteiger partial charge in [-0.05, 0) is 25.5 Å². The second-order valence-corrected chi connectivity index (χ2v) is 14.2. The van der Waals surface area contributed by atoms with Crippen LogP contribution in [0.1, 0.15) is 25.0 Å². The number of ether oxygens (including phenoxy) is 4. The molecular weight excluding hydrogens is 639 g/mol. The van der Waals surface area contributed by atoms with Crippen LogP contribution in [-0.4, -0.2) is 67.8 Å². The Balaban J connectivity index is 1.82. The largest absolute Gasteiger partial charge is 0.466 e. The van der Waals surface area contributed by atoms with Crippen LogP contribution in [0.5, 0.6) is 0 Å². The van der Waals surface area contributed by atoms with Crippen LogP contribution in [0.15, 0.2) is 79.8 Å². The molecule has 10 nitrogen and oxygen atoms in total. The highest BCUT2D eigenvalue weighted by atomic mass is 32.2. The van der Waals surface area contributed by atoms with Gasteiger partial charge in [0.1, 0.15) is 18.8 Å². The van der Waals surface area contributed by atoms with Gasteiger partial charge in [0.25, 0.3) is 0 Å². The predicted molar refractivity (Wildman–Crippen MR) is 173 cm³/mol. The zero-order valence-corrected chi connectivity index (χ0v) is 27.7. The van der Waals surface area contributed by atoms with E-state index in [4.69, 9.17) is 18.9 Å². The summed E-state index contributed by atoms with van der Waals surface area (Å²) in [5.74, 6) is -3.52. The Morgan fingerprint density at radius 2 is 1.20 bits per heavy atom. The van der Waals surface area contributed by atoms with E-state index in [-0.39, 0.29) is 32.6 Å². The van der Waals surface area contributed by atoms with Crippen molar-refractivity contribution in [3.8, 4) is 0 Å². The van der Waals surface area contributed by atoms with Crippen LogP contribution in [0.3, 0.4) is 0 Å². The van der Waals surface area contributed by atoms with Crippen molar-refractivity contribution in [2.45, 2.75) is 29.9 Å². The number of hydrogen-bond donors (Lipinski definition) is 0. The van der Waals surface area contributed by atoms with Crippen LogP contribution in [0.2, 0.25) is 0 Å². The van der Waals surface area contributed by atoms with Crippen LogP contribution in [0, 0.1) is 0 Å². The Bertz CT molecular complexity index is 1700. The number of fused-ring (bicyclic) bond motifs is 3. The second-order valence-electron chi connectivity index (χ2n) is 10.4. The lowest BCUT2D eigenvalue weighted by atomic mass is 9.83. The third-order valence-electron chi connectivity index (χ3n) is 7.49. The summed E-state index contributed by atoms with van der Waals surface area (Å²) in [6.45, 7) is 3.69. The molecule has 0 unspecified atom stereocenters. The minimum atomic E-state index is -1.62. The molecule has 3 aliphatic heterocycles. The standard InChI is InChI=1S/C32H29NO9S3/c1-31(2)26-21(18-14-10-11-15-19(18)33(31)20(34)16-17-12-8-7-9-13-17)32(22(27(35)39-3)23(43-26)28(36)40-4)44-24(29(37)41-5)25(45-32)30(38)42-6/h7-15H,16H2,1-6H3. The molecule has 3 aliphatic rings. The van der Waals surface area contributed by atoms with E-state index in [1.807, 2.05) is 44.2 Å². The van der Waals surface area contributed by atoms with E-state index >= 15 is 0 Å². The number of esters is 4. The van der Waals surface area contributed by atoms with Gasteiger partial charge in [-0.2, -0.15) is 0 Å². The maximum absolute atomic E-state index is 14.2. The second kappa shape index (κ2) is 12.5. The topological polar surface area (TPSA) is 126 Å². The first-order valence-corrected chi connectivity index (χ1v) is 16.0. The van der Waals surface area contributed by atoms with E-state index in [0.717, 1.165) is 40.8 Å². The molecule has 234 valence electrons. The first kappa shape index (κ1) is 32.5.